The van der Waals surface area contributed by atoms with Crippen LogP contribution in [-0.2, 0) is 0 Å². The summed E-state index contributed by atoms with van der Waals surface area (Å²) >= 11 is 1.65. The van der Waals surface area contributed by atoms with E-state index in [2.05, 4.69) is 40.4 Å². The van der Waals surface area contributed by atoms with Gasteiger partial charge in [-0.2, -0.15) is 0 Å². The number of pyridine rings is 1. The molecule has 0 spiro atoms. The highest BCUT2D eigenvalue weighted by molar-refractivity contribution is 7.14. The van der Waals surface area contributed by atoms with Crippen molar-refractivity contribution in [1.29, 1.82) is 0 Å². The molecule has 1 unspecified atom stereocenters. The number of hydrogen-bond donors (Lipinski definition) is 1. The van der Waals surface area contributed by atoms with Crippen LogP contribution in [0.15, 0.2) is 18.5 Å². The van der Waals surface area contributed by atoms with Gasteiger partial charge in [0.15, 0.2) is 0 Å². The molecule has 2 aromatic heterocycles. The van der Waals surface area contributed by atoms with Crippen LogP contribution in [0.1, 0.15) is 43.3 Å². The first-order valence-corrected chi connectivity index (χ1v) is 7.55. The van der Waals surface area contributed by atoms with Crippen LogP contribution in [-0.4, -0.2) is 21.7 Å². The van der Waals surface area contributed by atoms with Crippen LogP contribution >= 0.6 is 11.3 Å². The van der Waals surface area contributed by atoms with Gasteiger partial charge in [-0.05, 0) is 37.9 Å². The van der Waals surface area contributed by atoms with E-state index in [9.17, 15) is 0 Å². The third-order valence-corrected chi connectivity index (χ3v) is 4.00. The van der Waals surface area contributed by atoms with Crippen molar-refractivity contribution < 1.29 is 0 Å². The number of hydrogen-bond acceptors (Lipinski definition) is 5. The topological polar surface area (TPSA) is 50.7 Å². The molecule has 102 valence electrons. The Balaban J connectivity index is 2.18. The van der Waals surface area contributed by atoms with Gasteiger partial charge in [0.25, 0.3) is 0 Å². The second-order valence-corrected chi connectivity index (χ2v) is 5.62. The fourth-order valence-corrected chi connectivity index (χ4v) is 2.87. The molecule has 2 rings (SSSR count). The number of nitrogens with one attached hydrogen (secondary N) is 1. The van der Waals surface area contributed by atoms with Crippen molar-refractivity contribution in [2.45, 2.75) is 39.7 Å². The molecule has 1 N–H and O–H groups in total. The first kappa shape index (κ1) is 14.1. The molecule has 0 saturated heterocycles. The van der Waals surface area contributed by atoms with Crippen molar-refractivity contribution in [3.8, 4) is 10.6 Å². The zero-order valence-corrected chi connectivity index (χ0v) is 12.5. The summed E-state index contributed by atoms with van der Waals surface area (Å²) in [5.74, 6) is 0. The molecule has 0 aromatic carbocycles. The van der Waals surface area contributed by atoms with E-state index in [1.807, 2.05) is 19.3 Å². The van der Waals surface area contributed by atoms with E-state index in [1.165, 1.54) is 0 Å². The second kappa shape index (κ2) is 6.73. The minimum Gasteiger partial charge on any atom is -0.308 e. The number of aryl methyl sites for hydroxylation is 1. The van der Waals surface area contributed by atoms with Crippen LogP contribution in [0.5, 0.6) is 0 Å². The summed E-state index contributed by atoms with van der Waals surface area (Å²) in [6, 6.07) is 2.40. The van der Waals surface area contributed by atoms with Crippen molar-refractivity contribution in [2.24, 2.45) is 0 Å². The Bertz CT molecular complexity index is 524. The van der Waals surface area contributed by atoms with Gasteiger partial charge in [-0.25, -0.2) is 0 Å². The zero-order chi connectivity index (χ0) is 13.7. The normalized spacial score (nSPS) is 12.6. The van der Waals surface area contributed by atoms with Gasteiger partial charge < -0.3 is 5.32 Å². The number of aromatic nitrogens is 3. The molecule has 0 aliphatic heterocycles. The highest BCUT2D eigenvalue weighted by atomic mass is 32.1. The first-order chi connectivity index (χ1) is 9.24. The Labute approximate surface area is 118 Å². The molecule has 0 radical (unpaired) electrons. The summed E-state index contributed by atoms with van der Waals surface area (Å²) in [5.41, 5.74) is 2.19. The minimum atomic E-state index is 0.309. The van der Waals surface area contributed by atoms with E-state index in [1.54, 1.807) is 11.3 Å². The maximum atomic E-state index is 4.32. The second-order valence-electron chi connectivity index (χ2n) is 4.61. The van der Waals surface area contributed by atoms with Crippen LogP contribution in [0.3, 0.4) is 0 Å². The van der Waals surface area contributed by atoms with Gasteiger partial charge in [-0.3, -0.25) is 4.98 Å². The van der Waals surface area contributed by atoms with Crippen LogP contribution in [0.2, 0.25) is 0 Å². The molecule has 19 heavy (non-hydrogen) atoms. The lowest BCUT2D eigenvalue weighted by atomic mass is 10.2. The fourth-order valence-electron chi connectivity index (χ4n) is 1.89. The predicted octanol–water partition coefficient (Wildman–Crippen LogP) is 3.36. The van der Waals surface area contributed by atoms with E-state index in [0.29, 0.717) is 6.04 Å². The molecule has 2 heterocycles. The molecule has 0 aliphatic rings. The van der Waals surface area contributed by atoms with E-state index in [0.717, 1.165) is 40.5 Å². The van der Waals surface area contributed by atoms with Crippen LogP contribution in [0.25, 0.3) is 10.6 Å². The van der Waals surface area contributed by atoms with Gasteiger partial charge in [0.05, 0.1) is 6.04 Å². The quantitative estimate of drug-likeness (QED) is 0.879. The molecule has 5 heteroatoms. The molecule has 0 aliphatic carbocycles. The fraction of sp³-hybridized carbons (Fsp3) is 0.500. The average Bonchev–Trinajstić information content (AvgIpc) is 2.89. The van der Waals surface area contributed by atoms with Crippen molar-refractivity contribution in [3.05, 3.63) is 29.0 Å². The molecule has 0 bridgehead atoms. The van der Waals surface area contributed by atoms with Gasteiger partial charge in [-0.1, -0.05) is 25.2 Å². The predicted molar refractivity (Wildman–Crippen MR) is 79.2 cm³/mol. The number of nitrogens with zero attached hydrogens (tertiary/aromatic N) is 3. The van der Waals surface area contributed by atoms with Gasteiger partial charge in [0.2, 0.25) is 0 Å². The van der Waals surface area contributed by atoms with E-state index in [-0.39, 0.29) is 0 Å². The maximum Gasteiger partial charge on any atom is 0.149 e. The lowest BCUT2D eigenvalue weighted by molar-refractivity contribution is 0.513. The van der Waals surface area contributed by atoms with Crippen molar-refractivity contribution >= 4 is 11.3 Å². The monoisotopic (exact) mass is 276 g/mol. The van der Waals surface area contributed by atoms with Crippen LogP contribution in [0.4, 0.5) is 0 Å². The molecular formula is C14H20N4S. The molecule has 4 nitrogen and oxygen atoms in total. The average molecular weight is 276 g/mol. The Hall–Kier alpha value is -1.33. The summed E-state index contributed by atoms with van der Waals surface area (Å²) in [4.78, 5) is 4.21. The largest absolute Gasteiger partial charge is 0.308 e. The van der Waals surface area contributed by atoms with Crippen molar-refractivity contribution in [3.63, 3.8) is 0 Å². The standard InChI is InChI=1S/C14H20N4S/c1-4-6-16-12(5-2)14-18-17-13(19-14)11-7-10(3)8-15-9-11/h7-9,12,16H,4-6H2,1-3H3. The van der Waals surface area contributed by atoms with E-state index < -0.39 is 0 Å². The van der Waals surface area contributed by atoms with E-state index >= 15 is 0 Å². The van der Waals surface area contributed by atoms with Crippen LogP contribution < -0.4 is 5.32 Å². The van der Waals surface area contributed by atoms with Crippen molar-refractivity contribution in [2.75, 3.05) is 6.54 Å². The molecule has 0 amide bonds. The van der Waals surface area contributed by atoms with E-state index in [4.69, 9.17) is 0 Å². The summed E-state index contributed by atoms with van der Waals surface area (Å²) in [7, 11) is 0. The SMILES string of the molecule is CCCNC(CC)c1nnc(-c2cncc(C)c2)s1. The van der Waals surface area contributed by atoms with Crippen LogP contribution in [0, 0.1) is 6.92 Å². The summed E-state index contributed by atoms with van der Waals surface area (Å²) in [5, 5.41) is 14.1. The Morgan fingerprint density at radius 2 is 2.11 bits per heavy atom. The molecule has 0 saturated carbocycles. The van der Waals surface area contributed by atoms with Gasteiger partial charge >= 0.3 is 0 Å². The molecular weight excluding hydrogens is 256 g/mol. The third kappa shape index (κ3) is 3.58. The molecule has 0 fully saturated rings. The molecule has 1 atom stereocenters. The molecule has 2 aromatic rings. The highest BCUT2D eigenvalue weighted by Crippen LogP contribution is 2.27. The van der Waals surface area contributed by atoms with Gasteiger partial charge in [-0.15, -0.1) is 10.2 Å². The third-order valence-electron chi connectivity index (χ3n) is 2.91. The summed E-state index contributed by atoms with van der Waals surface area (Å²) in [6.45, 7) is 7.39. The zero-order valence-electron chi connectivity index (χ0n) is 11.7. The maximum absolute atomic E-state index is 4.32. The Morgan fingerprint density at radius 1 is 1.26 bits per heavy atom. The lowest BCUT2D eigenvalue weighted by Crippen LogP contribution is -2.21. The summed E-state index contributed by atoms with van der Waals surface area (Å²) in [6.07, 6.45) is 5.85. The Morgan fingerprint density at radius 3 is 2.79 bits per heavy atom. The first-order valence-electron chi connectivity index (χ1n) is 6.73. The minimum absolute atomic E-state index is 0.309. The van der Waals surface area contributed by atoms with Crippen molar-refractivity contribution in [1.82, 2.24) is 20.5 Å². The summed E-state index contributed by atoms with van der Waals surface area (Å²) < 4.78 is 0. The van der Waals surface area contributed by atoms with Gasteiger partial charge in [0.1, 0.15) is 10.0 Å². The Kier molecular flexibility index (Phi) is 4.99. The van der Waals surface area contributed by atoms with Gasteiger partial charge in [0, 0.05) is 18.0 Å². The highest BCUT2D eigenvalue weighted by Gasteiger charge is 2.15. The number of rotatable bonds is 6. The smallest absolute Gasteiger partial charge is 0.149 e. The lowest BCUT2D eigenvalue weighted by Gasteiger charge is -2.12.